The van der Waals surface area contributed by atoms with Gasteiger partial charge in [-0.15, -0.1) is 0 Å². The van der Waals surface area contributed by atoms with Crippen molar-refractivity contribution in [2.24, 2.45) is 0 Å². The van der Waals surface area contributed by atoms with Crippen molar-refractivity contribution in [2.75, 3.05) is 46.3 Å². The average molecular weight is 699 g/mol. The minimum Gasteiger partial charge on any atom is -0.497 e. The molecule has 0 fully saturated rings. The van der Waals surface area contributed by atoms with Gasteiger partial charge in [-0.25, -0.2) is 9.59 Å². The molecule has 2 aromatic carbocycles. The highest BCUT2D eigenvalue weighted by Gasteiger charge is 2.24. The Kier molecular flexibility index (Phi) is 13.2. The number of methoxy groups -OCH3 is 3. The molecule has 3 aromatic rings. The van der Waals surface area contributed by atoms with Gasteiger partial charge in [-0.3, -0.25) is 29.1 Å². The van der Waals surface area contributed by atoms with Crippen LogP contribution < -0.4 is 30.5 Å². The Morgan fingerprint density at radius 2 is 1.64 bits per heavy atom. The Balaban J connectivity index is 1.65. The number of amides is 3. The third-order valence-electron chi connectivity index (χ3n) is 6.66. The standard InChI is InChI=1S/C32H38N6O12/c1-32(2,3)50-28(40)18-36(14-12-33-31(43)49-19-21-15-24(47-5)25(48-6)16-23(21)38(44)45)27(39)17-37-13-11-26(35-30(37)42)34-29(41)20-7-9-22(46-4)10-8-20/h7-11,13,15-16H,12,14,17-19H2,1-6H3,(H,33,43)(H,34,35,41,42). The van der Waals surface area contributed by atoms with Crippen molar-refractivity contribution in [3.8, 4) is 17.2 Å². The van der Waals surface area contributed by atoms with E-state index in [0.717, 1.165) is 15.5 Å². The monoisotopic (exact) mass is 698 g/mol. The molecule has 0 saturated heterocycles. The highest BCUT2D eigenvalue weighted by molar-refractivity contribution is 6.03. The summed E-state index contributed by atoms with van der Waals surface area (Å²) in [6.07, 6.45) is 0.289. The topological polar surface area (TPSA) is 220 Å². The smallest absolute Gasteiger partial charge is 0.407 e. The molecule has 3 amide bonds. The van der Waals surface area contributed by atoms with Gasteiger partial charge in [-0.05, 0) is 57.2 Å². The van der Waals surface area contributed by atoms with Gasteiger partial charge in [-0.1, -0.05) is 0 Å². The second-order valence-electron chi connectivity index (χ2n) is 11.4. The van der Waals surface area contributed by atoms with Gasteiger partial charge in [0.15, 0.2) is 11.5 Å². The van der Waals surface area contributed by atoms with Gasteiger partial charge in [0.05, 0.1) is 37.9 Å². The number of ether oxygens (including phenoxy) is 5. The van der Waals surface area contributed by atoms with E-state index in [1.807, 2.05) is 0 Å². The first-order chi connectivity index (χ1) is 23.6. The van der Waals surface area contributed by atoms with E-state index in [9.17, 15) is 34.1 Å². The van der Waals surface area contributed by atoms with E-state index < -0.39 is 59.8 Å². The fourth-order valence-corrected chi connectivity index (χ4v) is 4.30. The van der Waals surface area contributed by atoms with Crippen LogP contribution in [0.4, 0.5) is 16.3 Å². The molecule has 0 radical (unpaired) electrons. The predicted octanol–water partition coefficient (Wildman–Crippen LogP) is 2.53. The lowest BCUT2D eigenvalue weighted by Gasteiger charge is -2.25. The van der Waals surface area contributed by atoms with Gasteiger partial charge in [-0.2, -0.15) is 4.98 Å². The summed E-state index contributed by atoms with van der Waals surface area (Å²) >= 11 is 0. The van der Waals surface area contributed by atoms with Crippen molar-refractivity contribution in [1.82, 2.24) is 19.8 Å². The number of carbonyl (C=O) groups excluding carboxylic acids is 4. The van der Waals surface area contributed by atoms with E-state index in [0.29, 0.717) is 11.3 Å². The Labute approximate surface area is 286 Å². The molecule has 1 heterocycles. The lowest BCUT2D eigenvalue weighted by molar-refractivity contribution is -0.385. The van der Waals surface area contributed by atoms with E-state index in [4.69, 9.17) is 23.7 Å². The Hall–Kier alpha value is -6.20. The second-order valence-corrected chi connectivity index (χ2v) is 11.4. The number of nitrogens with zero attached hydrogens (tertiary/aromatic N) is 4. The highest BCUT2D eigenvalue weighted by atomic mass is 16.6. The summed E-state index contributed by atoms with van der Waals surface area (Å²) in [4.78, 5) is 79.4. The van der Waals surface area contributed by atoms with Gasteiger partial charge >= 0.3 is 17.8 Å². The van der Waals surface area contributed by atoms with Crippen LogP contribution in [0.1, 0.15) is 36.7 Å². The normalized spacial score (nSPS) is 10.8. The second kappa shape index (κ2) is 17.3. The Morgan fingerprint density at radius 1 is 0.980 bits per heavy atom. The molecule has 0 saturated carbocycles. The molecule has 0 bridgehead atoms. The zero-order chi connectivity index (χ0) is 37.0. The fourth-order valence-electron chi connectivity index (χ4n) is 4.30. The summed E-state index contributed by atoms with van der Waals surface area (Å²) in [6, 6.07) is 10.0. The zero-order valence-electron chi connectivity index (χ0n) is 28.3. The summed E-state index contributed by atoms with van der Waals surface area (Å²) in [7, 11) is 4.16. The largest absolute Gasteiger partial charge is 0.497 e. The van der Waals surface area contributed by atoms with Gasteiger partial charge in [0.2, 0.25) is 5.91 Å². The molecule has 0 aliphatic rings. The third-order valence-corrected chi connectivity index (χ3v) is 6.66. The SMILES string of the molecule is COc1ccc(C(=O)Nc2ccn(CC(=O)N(CCNC(=O)OCc3cc(OC)c(OC)cc3[N+](=O)[O-])CC(=O)OC(C)(C)C)c(=O)n2)cc1. The van der Waals surface area contributed by atoms with Crippen LogP contribution in [0.15, 0.2) is 53.5 Å². The van der Waals surface area contributed by atoms with Gasteiger partial charge in [0.25, 0.3) is 11.6 Å². The van der Waals surface area contributed by atoms with Crippen LogP contribution in [0.2, 0.25) is 0 Å². The lowest BCUT2D eigenvalue weighted by atomic mass is 10.1. The molecule has 0 aliphatic heterocycles. The van der Waals surface area contributed by atoms with Gasteiger partial charge in [0, 0.05) is 24.8 Å². The van der Waals surface area contributed by atoms with Crippen LogP contribution in [-0.4, -0.2) is 89.8 Å². The number of anilines is 1. The van der Waals surface area contributed by atoms with Crippen LogP contribution in [0, 0.1) is 10.1 Å². The van der Waals surface area contributed by atoms with Crippen molar-refractivity contribution >= 4 is 35.4 Å². The van der Waals surface area contributed by atoms with Crippen LogP contribution in [0.25, 0.3) is 0 Å². The molecule has 268 valence electrons. The van der Waals surface area contributed by atoms with Crippen molar-refractivity contribution in [2.45, 2.75) is 39.5 Å². The molecule has 0 aliphatic carbocycles. The summed E-state index contributed by atoms with van der Waals surface area (Å²) in [5.74, 6) is -1.13. The number of benzene rings is 2. The summed E-state index contributed by atoms with van der Waals surface area (Å²) in [5, 5.41) is 16.5. The maximum absolute atomic E-state index is 13.3. The molecule has 18 heteroatoms. The number of aromatic nitrogens is 2. The number of carbonyl (C=O) groups is 4. The first-order valence-electron chi connectivity index (χ1n) is 15.0. The van der Waals surface area contributed by atoms with E-state index in [1.54, 1.807) is 32.9 Å². The van der Waals surface area contributed by atoms with Crippen molar-refractivity contribution in [1.29, 1.82) is 0 Å². The molecule has 0 atom stereocenters. The first kappa shape index (κ1) is 38.2. The third kappa shape index (κ3) is 11.2. The quantitative estimate of drug-likeness (QED) is 0.133. The minimum atomic E-state index is -0.966. The molecule has 3 rings (SSSR count). The molecular formula is C32H38N6O12. The van der Waals surface area contributed by atoms with Crippen LogP contribution in [0.3, 0.4) is 0 Å². The zero-order valence-corrected chi connectivity index (χ0v) is 28.3. The number of alkyl carbamates (subject to hydrolysis) is 1. The number of esters is 1. The van der Waals surface area contributed by atoms with Gasteiger partial charge < -0.3 is 39.2 Å². The van der Waals surface area contributed by atoms with Gasteiger partial charge in [0.1, 0.15) is 36.9 Å². The molecule has 1 aromatic heterocycles. The molecule has 0 unspecified atom stereocenters. The van der Waals surface area contributed by atoms with E-state index in [-0.39, 0.29) is 41.7 Å². The summed E-state index contributed by atoms with van der Waals surface area (Å²) < 4.78 is 26.8. The number of nitro benzene ring substituents is 1. The van der Waals surface area contributed by atoms with E-state index in [1.165, 1.54) is 51.8 Å². The average Bonchev–Trinajstić information content (AvgIpc) is 3.06. The number of hydrogen-bond donors (Lipinski definition) is 2. The van der Waals surface area contributed by atoms with E-state index in [2.05, 4.69) is 15.6 Å². The number of nitrogens with one attached hydrogen (secondary N) is 2. The molecule has 50 heavy (non-hydrogen) atoms. The first-order valence-corrected chi connectivity index (χ1v) is 15.0. The molecule has 2 N–H and O–H groups in total. The predicted molar refractivity (Wildman–Crippen MR) is 176 cm³/mol. The highest BCUT2D eigenvalue weighted by Crippen LogP contribution is 2.34. The molecule has 0 spiro atoms. The molecule has 18 nitrogen and oxygen atoms in total. The Morgan fingerprint density at radius 3 is 2.22 bits per heavy atom. The number of nitro groups is 1. The fraction of sp³-hybridized carbons (Fsp3) is 0.375. The minimum absolute atomic E-state index is 0.0369. The van der Waals surface area contributed by atoms with E-state index >= 15 is 0 Å². The van der Waals surface area contributed by atoms with Crippen LogP contribution in [-0.2, 0) is 32.2 Å². The van der Waals surface area contributed by atoms with Crippen molar-refractivity contribution in [3.63, 3.8) is 0 Å². The molecular weight excluding hydrogens is 660 g/mol. The van der Waals surface area contributed by atoms with Crippen LogP contribution >= 0.6 is 0 Å². The van der Waals surface area contributed by atoms with Crippen molar-refractivity contribution in [3.05, 3.63) is 80.4 Å². The Bertz CT molecular complexity index is 1770. The summed E-state index contributed by atoms with van der Waals surface area (Å²) in [5.41, 5.74) is -1.73. The summed E-state index contributed by atoms with van der Waals surface area (Å²) in [6.45, 7) is 3.01. The lowest BCUT2D eigenvalue weighted by Crippen LogP contribution is -2.45. The number of rotatable bonds is 15. The van der Waals surface area contributed by atoms with Crippen molar-refractivity contribution < 1.29 is 47.8 Å². The number of hydrogen-bond acceptors (Lipinski definition) is 13. The van der Waals surface area contributed by atoms with Crippen LogP contribution in [0.5, 0.6) is 17.2 Å². The maximum atomic E-state index is 13.3. The maximum Gasteiger partial charge on any atom is 0.407 e.